The van der Waals surface area contributed by atoms with Crippen LogP contribution >= 0.6 is 0 Å². The van der Waals surface area contributed by atoms with Gasteiger partial charge < -0.3 is 5.11 Å². The summed E-state index contributed by atoms with van der Waals surface area (Å²) in [5, 5.41) is 10.3. The first-order chi connectivity index (χ1) is 8.83. The van der Waals surface area contributed by atoms with E-state index in [1.165, 1.54) is 4.31 Å². The molecule has 5 nitrogen and oxygen atoms in total. The van der Waals surface area contributed by atoms with Gasteiger partial charge in [0.05, 0.1) is 5.60 Å². The Balaban J connectivity index is 1.98. The lowest BCUT2D eigenvalue weighted by Gasteiger charge is -2.35. The summed E-state index contributed by atoms with van der Waals surface area (Å²) in [7, 11) is -1.82. The molecule has 1 N–H and O–H groups in total. The lowest BCUT2D eigenvalue weighted by molar-refractivity contribution is 0.0319. The Labute approximate surface area is 116 Å². The molecular formula is C13H26N2O3S. The first kappa shape index (κ1) is 15.2. The average molecular weight is 290 g/mol. The monoisotopic (exact) mass is 290 g/mol. The molecule has 0 unspecified atom stereocenters. The summed E-state index contributed by atoms with van der Waals surface area (Å²) in [5.41, 5.74) is -0.815. The maximum atomic E-state index is 12.5. The summed E-state index contributed by atoms with van der Waals surface area (Å²) >= 11 is 0. The van der Waals surface area contributed by atoms with E-state index in [1.807, 2.05) is 0 Å². The molecule has 6 heteroatoms. The summed E-state index contributed by atoms with van der Waals surface area (Å²) in [6.45, 7) is 3.59. The smallest absolute Gasteiger partial charge is 0.281 e. The molecular weight excluding hydrogens is 264 g/mol. The van der Waals surface area contributed by atoms with E-state index in [0.717, 1.165) is 25.7 Å². The van der Waals surface area contributed by atoms with E-state index >= 15 is 0 Å². The highest BCUT2D eigenvalue weighted by molar-refractivity contribution is 7.86. The van der Waals surface area contributed by atoms with E-state index in [1.54, 1.807) is 11.4 Å². The molecule has 0 aromatic rings. The Morgan fingerprint density at radius 3 is 2.32 bits per heavy atom. The minimum absolute atomic E-state index is 0.224. The fraction of sp³-hybridized carbons (Fsp3) is 1.00. The standard InChI is InChI=1S/C13H26N2O3S/c1-12-5-9-15(10-6-12)19(17,18)14(2)11-13(16)7-3-4-8-13/h12,16H,3-11H2,1-2H3. The molecule has 1 aliphatic heterocycles. The topological polar surface area (TPSA) is 60.9 Å². The molecule has 1 saturated carbocycles. The molecule has 0 radical (unpaired) electrons. The van der Waals surface area contributed by atoms with Crippen molar-refractivity contribution in [1.29, 1.82) is 0 Å². The highest BCUT2D eigenvalue weighted by Crippen LogP contribution is 2.31. The van der Waals surface area contributed by atoms with Gasteiger partial charge in [-0.3, -0.25) is 0 Å². The van der Waals surface area contributed by atoms with Gasteiger partial charge in [-0.1, -0.05) is 19.8 Å². The maximum Gasteiger partial charge on any atom is 0.281 e. The third-order valence-corrected chi connectivity index (χ3v) is 6.45. The molecule has 19 heavy (non-hydrogen) atoms. The molecule has 0 bridgehead atoms. The van der Waals surface area contributed by atoms with Gasteiger partial charge in [0.25, 0.3) is 10.2 Å². The van der Waals surface area contributed by atoms with Crippen molar-refractivity contribution in [1.82, 2.24) is 8.61 Å². The van der Waals surface area contributed by atoms with Crippen LogP contribution in [0, 0.1) is 5.92 Å². The summed E-state index contributed by atoms with van der Waals surface area (Å²) < 4.78 is 27.8. The van der Waals surface area contributed by atoms with Gasteiger partial charge in [0.1, 0.15) is 0 Å². The maximum absolute atomic E-state index is 12.5. The van der Waals surface area contributed by atoms with Crippen LogP contribution in [0.5, 0.6) is 0 Å². The molecule has 1 aliphatic carbocycles. The van der Waals surface area contributed by atoms with Crippen molar-refractivity contribution in [2.45, 2.75) is 51.0 Å². The lowest BCUT2D eigenvalue weighted by Crippen LogP contribution is -2.50. The van der Waals surface area contributed by atoms with E-state index < -0.39 is 15.8 Å². The largest absolute Gasteiger partial charge is 0.389 e. The SMILES string of the molecule is CC1CCN(S(=O)(=O)N(C)CC2(O)CCCC2)CC1. The van der Waals surface area contributed by atoms with Crippen LogP contribution in [-0.4, -0.2) is 54.4 Å². The van der Waals surface area contributed by atoms with Crippen LogP contribution in [0.2, 0.25) is 0 Å². The molecule has 2 rings (SSSR count). The third-order valence-electron chi connectivity index (χ3n) is 4.51. The molecule has 112 valence electrons. The van der Waals surface area contributed by atoms with E-state index in [0.29, 0.717) is 31.8 Å². The van der Waals surface area contributed by atoms with Crippen LogP contribution in [-0.2, 0) is 10.2 Å². The van der Waals surface area contributed by atoms with Crippen LogP contribution in [0.1, 0.15) is 45.4 Å². The Hall–Kier alpha value is -0.170. The van der Waals surface area contributed by atoms with Crippen molar-refractivity contribution in [3.8, 4) is 0 Å². The Kier molecular flexibility index (Phi) is 4.55. The minimum atomic E-state index is -3.40. The summed E-state index contributed by atoms with van der Waals surface area (Å²) in [6.07, 6.45) is 5.26. The number of likely N-dealkylation sites (N-methyl/N-ethyl adjacent to an activating group) is 1. The van der Waals surface area contributed by atoms with Crippen LogP contribution in [0.15, 0.2) is 0 Å². The van der Waals surface area contributed by atoms with Crippen LogP contribution in [0.25, 0.3) is 0 Å². The minimum Gasteiger partial charge on any atom is -0.389 e. The second-order valence-electron chi connectivity index (χ2n) is 6.28. The number of aliphatic hydroxyl groups is 1. The van der Waals surface area contributed by atoms with Crippen LogP contribution in [0.3, 0.4) is 0 Å². The highest BCUT2D eigenvalue weighted by atomic mass is 32.2. The van der Waals surface area contributed by atoms with Gasteiger partial charge in [-0.05, 0) is 31.6 Å². The predicted molar refractivity (Wildman–Crippen MR) is 74.9 cm³/mol. The molecule has 1 heterocycles. The van der Waals surface area contributed by atoms with Crippen LogP contribution in [0.4, 0.5) is 0 Å². The zero-order valence-corrected chi connectivity index (χ0v) is 12.8. The van der Waals surface area contributed by atoms with Crippen molar-refractivity contribution < 1.29 is 13.5 Å². The zero-order chi connectivity index (χ0) is 14.1. The fourth-order valence-electron chi connectivity index (χ4n) is 3.10. The Morgan fingerprint density at radius 1 is 1.26 bits per heavy atom. The van der Waals surface area contributed by atoms with Gasteiger partial charge in [-0.2, -0.15) is 17.0 Å². The van der Waals surface area contributed by atoms with E-state index in [4.69, 9.17) is 0 Å². The number of nitrogens with zero attached hydrogens (tertiary/aromatic N) is 2. The van der Waals surface area contributed by atoms with Gasteiger partial charge >= 0.3 is 0 Å². The van der Waals surface area contributed by atoms with Gasteiger partial charge in [0.15, 0.2) is 0 Å². The summed E-state index contributed by atoms with van der Waals surface area (Å²) in [6, 6.07) is 0. The molecule has 0 aromatic heterocycles. The van der Waals surface area contributed by atoms with Gasteiger partial charge in [0, 0.05) is 26.7 Å². The van der Waals surface area contributed by atoms with E-state index in [-0.39, 0.29) is 6.54 Å². The van der Waals surface area contributed by atoms with Crippen molar-refractivity contribution in [2.75, 3.05) is 26.7 Å². The first-order valence-corrected chi connectivity index (χ1v) is 8.67. The van der Waals surface area contributed by atoms with Crippen molar-refractivity contribution in [2.24, 2.45) is 5.92 Å². The number of hydrogen-bond donors (Lipinski definition) is 1. The summed E-state index contributed by atoms with van der Waals surface area (Å²) in [4.78, 5) is 0. The summed E-state index contributed by atoms with van der Waals surface area (Å²) in [5.74, 6) is 0.607. The molecule has 2 aliphatic rings. The zero-order valence-electron chi connectivity index (χ0n) is 12.0. The highest BCUT2D eigenvalue weighted by Gasteiger charge is 2.37. The van der Waals surface area contributed by atoms with Gasteiger partial charge in [-0.25, -0.2) is 0 Å². The van der Waals surface area contributed by atoms with Gasteiger partial charge in [0.2, 0.25) is 0 Å². The van der Waals surface area contributed by atoms with Crippen molar-refractivity contribution in [3.63, 3.8) is 0 Å². The van der Waals surface area contributed by atoms with Gasteiger partial charge in [-0.15, -0.1) is 0 Å². The number of hydrogen-bond acceptors (Lipinski definition) is 3. The molecule has 1 saturated heterocycles. The number of rotatable bonds is 4. The number of piperidine rings is 1. The quantitative estimate of drug-likeness (QED) is 0.846. The van der Waals surface area contributed by atoms with Crippen LogP contribution < -0.4 is 0 Å². The van der Waals surface area contributed by atoms with Crippen molar-refractivity contribution in [3.05, 3.63) is 0 Å². The molecule has 0 atom stereocenters. The Morgan fingerprint density at radius 2 is 1.79 bits per heavy atom. The molecule has 0 aromatic carbocycles. The molecule has 0 amide bonds. The normalized spacial score (nSPS) is 26.1. The van der Waals surface area contributed by atoms with Crippen molar-refractivity contribution >= 4 is 10.2 Å². The lowest BCUT2D eigenvalue weighted by atomic mass is 10.0. The Bertz CT molecular complexity index is 396. The fourth-order valence-corrected chi connectivity index (χ4v) is 4.57. The molecule has 2 fully saturated rings. The average Bonchev–Trinajstić information content (AvgIpc) is 2.76. The van der Waals surface area contributed by atoms with E-state index in [2.05, 4.69) is 6.92 Å². The van der Waals surface area contributed by atoms with E-state index in [9.17, 15) is 13.5 Å². The second-order valence-corrected chi connectivity index (χ2v) is 8.31. The molecule has 0 spiro atoms. The second kappa shape index (κ2) is 5.68. The predicted octanol–water partition coefficient (Wildman–Crippen LogP) is 1.20. The first-order valence-electron chi connectivity index (χ1n) is 7.27. The third kappa shape index (κ3) is 3.48.